The van der Waals surface area contributed by atoms with Crippen LogP contribution in [-0.2, 0) is 19.1 Å². The van der Waals surface area contributed by atoms with Crippen LogP contribution in [0.5, 0.6) is 0 Å². The molecule has 0 aromatic heterocycles. The van der Waals surface area contributed by atoms with E-state index in [1.807, 2.05) is 18.2 Å². The lowest BCUT2D eigenvalue weighted by atomic mass is 9.84. The molecule has 2 atom stereocenters. The van der Waals surface area contributed by atoms with Crippen LogP contribution < -0.4 is 0 Å². The van der Waals surface area contributed by atoms with Gasteiger partial charge in [0.15, 0.2) is 0 Å². The summed E-state index contributed by atoms with van der Waals surface area (Å²) in [4.78, 5) is 24.5. The zero-order valence-corrected chi connectivity index (χ0v) is 11.3. The van der Waals surface area contributed by atoms with E-state index in [1.54, 1.807) is 0 Å². The van der Waals surface area contributed by atoms with Crippen molar-refractivity contribution in [3.8, 4) is 0 Å². The van der Waals surface area contributed by atoms with E-state index in [0.29, 0.717) is 0 Å². The SMILES string of the molecule is CC(=O)OC[C@]12C=CCCN1CC=C[C@H]2OC(C)=O. The first-order chi connectivity index (χ1) is 9.04. The van der Waals surface area contributed by atoms with Crippen LogP contribution in [0.4, 0.5) is 0 Å². The van der Waals surface area contributed by atoms with E-state index in [9.17, 15) is 9.59 Å². The number of hydrogen-bond donors (Lipinski definition) is 0. The summed E-state index contributed by atoms with van der Waals surface area (Å²) in [5, 5.41) is 0. The lowest BCUT2D eigenvalue weighted by Crippen LogP contribution is -2.62. The predicted molar refractivity (Wildman–Crippen MR) is 69.4 cm³/mol. The second-order valence-electron chi connectivity index (χ2n) is 4.87. The summed E-state index contributed by atoms with van der Waals surface area (Å²) in [6, 6.07) is 0. The van der Waals surface area contributed by atoms with Gasteiger partial charge in [0, 0.05) is 26.9 Å². The predicted octanol–water partition coefficient (Wildman–Crippen LogP) is 1.05. The highest BCUT2D eigenvalue weighted by atomic mass is 16.6. The molecule has 0 bridgehead atoms. The summed E-state index contributed by atoms with van der Waals surface area (Å²) in [6.07, 6.45) is 8.43. The monoisotopic (exact) mass is 265 g/mol. The van der Waals surface area contributed by atoms with Crippen molar-refractivity contribution >= 4 is 11.9 Å². The van der Waals surface area contributed by atoms with Crippen LogP contribution in [0.3, 0.4) is 0 Å². The van der Waals surface area contributed by atoms with Crippen LogP contribution in [0, 0.1) is 0 Å². The Morgan fingerprint density at radius 2 is 2.11 bits per heavy atom. The van der Waals surface area contributed by atoms with Gasteiger partial charge in [0.2, 0.25) is 0 Å². The highest BCUT2D eigenvalue weighted by Gasteiger charge is 2.46. The molecule has 0 amide bonds. The molecule has 0 saturated carbocycles. The van der Waals surface area contributed by atoms with Crippen molar-refractivity contribution in [3.05, 3.63) is 24.3 Å². The van der Waals surface area contributed by atoms with Gasteiger partial charge >= 0.3 is 11.9 Å². The first-order valence-corrected chi connectivity index (χ1v) is 6.44. The molecule has 0 unspecified atom stereocenters. The summed E-state index contributed by atoms with van der Waals surface area (Å²) < 4.78 is 10.6. The summed E-state index contributed by atoms with van der Waals surface area (Å²) in [6.45, 7) is 4.59. The third-order valence-electron chi connectivity index (χ3n) is 3.49. The maximum absolute atomic E-state index is 11.3. The third-order valence-corrected chi connectivity index (χ3v) is 3.49. The lowest BCUT2D eigenvalue weighted by molar-refractivity contribution is -0.157. The zero-order valence-electron chi connectivity index (χ0n) is 11.3. The first-order valence-electron chi connectivity index (χ1n) is 6.44. The number of esters is 2. The fraction of sp³-hybridized carbons (Fsp3) is 0.571. The Balaban J connectivity index is 2.28. The minimum atomic E-state index is -0.565. The van der Waals surface area contributed by atoms with Gasteiger partial charge in [-0.15, -0.1) is 0 Å². The molecule has 5 heteroatoms. The summed E-state index contributed by atoms with van der Waals surface area (Å²) >= 11 is 0. The highest BCUT2D eigenvalue weighted by Crippen LogP contribution is 2.32. The molecule has 19 heavy (non-hydrogen) atoms. The van der Waals surface area contributed by atoms with E-state index in [-0.39, 0.29) is 18.5 Å². The van der Waals surface area contributed by atoms with Crippen molar-refractivity contribution in [3.63, 3.8) is 0 Å². The molecule has 2 aliphatic rings. The Kier molecular flexibility index (Phi) is 4.04. The van der Waals surface area contributed by atoms with Crippen LogP contribution in [0.15, 0.2) is 24.3 Å². The lowest BCUT2D eigenvalue weighted by Gasteiger charge is -2.48. The standard InChI is InChI=1S/C14H19NO4/c1-11(16)18-10-14-7-3-4-8-15(14)9-5-6-13(14)19-12(2)17/h3,5-7,13H,4,8-10H2,1-2H3/t13-,14+/m1/s1. The molecule has 5 nitrogen and oxygen atoms in total. The molecule has 0 aromatic carbocycles. The van der Waals surface area contributed by atoms with E-state index in [4.69, 9.17) is 9.47 Å². The summed E-state index contributed by atoms with van der Waals surface area (Å²) in [5.74, 6) is -0.665. The summed E-state index contributed by atoms with van der Waals surface area (Å²) in [7, 11) is 0. The molecule has 2 rings (SSSR count). The topological polar surface area (TPSA) is 55.8 Å². The maximum Gasteiger partial charge on any atom is 0.303 e. The minimum absolute atomic E-state index is 0.196. The number of ether oxygens (including phenoxy) is 2. The molecule has 0 N–H and O–H groups in total. The maximum atomic E-state index is 11.3. The van der Waals surface area contributed by atoms with Gasteiger partial charge < -0.3 is 9.47 Å². The quantitative estimate of drug-likeness (QED) is 0.564. The van der Waals surface area contributed by atoms with E-state index >= 15 is 0 Å². The average Bonchev–Trinajstić information content (AvgIpc) is 2.36. The van der Waals surface area contributed by atoms with Gasteiger partial charge in [-0.3, -0.25) is 14.5 Å². The number of nitrogens with zero attached hydrogens (tertiary/aromatic N) is 1. The Labute approximate surface area is 112 Å². The van der Waals surface area contributed by atoms with Gasteiger partial charge in [-0.05, 0) is 12.5 Å². The second kappa shape index (κ2) is 5.57. The highest BCUT2D eigenvalue weighted by molar-refractivity contribution is 5.67. The Morgan fingerprint density at radius 1 is 1.32 bits per heavy atom. The summed E-state index contributed by atoms with van der Waals surface area (Å²) in [5.41, 5.74) is -0.565. The van der Waals surface area contributed by atoms with Crippen molar-refractivity contribution in [2.75, 3.05) is 19.7 Å². The largest absolute Gasteiger partial charge is 0.463 e. The molecule has 0 aliphatic carbocycles. The number of carbonyl (C=O) groups excluding carboxylic acids is 2. The van der Waals surface area contributed by atoms with E-state index in [0.717, 1.165) is 19.5 Å². The van der Waals surface area contributed by atoms with Crippen molar-refractivity contribution in [1.29, 1.82) is 0 Å². The van der Waals surface area contributed by atoms with Gasteiger partial charge in [-0.1, -0.05) is 18.2 Å². The van der Waals surface area contributed by atoms with Crippen LogP contribution in [0.1, 0.15) is 20.3 Å². The fourth-order valence-electron chi connectivity index (χ4n) is 2.60. The van der Waals surface area contributed by atoms with Crippen LogP contribution >= 0.6 is 0 Å². The van der Waals surface area contributed by atoms with Gasteiger partial charge in [0.25, 0.3) is 0 Å². The zero-order chi connectivity index (χ0) is 13.9. The third kappa shape index (κ3) is 2.87. The Bertz CT molecular complexity index is 429. The van der Waals surface area contributed by atoms with E-state index < -0.39 is 11.6 Å². The van der Waals surface area contributed by atoms with Gasteiger partial charge in [-0.2, -0.15) is 0 Å². The van der Waals surface area contributed by atoms with Gasteiger partial charge in [0.05, 0.1) is 0 Å². The Morgan fingerprint density at radius 3 is 2.79 bits per heavy atom. The number of fused-ring (bicyclic) bond motifs is 1. The molecular formula is C14H19NO4. The molecule has 0 spiro atoms. The minimum Gasteiger partial charge on any atom is -0.463 e. The van der Waals surface area contributed by atoms with Gasteiger partial charge in [-0.25, -0.2) is 0 Å². The average molecular weight is 265 g/mol. The normalized spacial score (nSPS) is 29.7. The molecule has 2 heterocycles. The number of hydrogen-bond acceptors (Lipinski definition) is 5. The molecular weight excluding hydrogens is 246 g/mol. The second-order valence-corrected chi connectivity index (χ2v) is 4.87. The van der Waals surface area contributed by atoms with Crippen LogP contribution in [0.2, 0.25) is 0 Å². The molecule has 104 valence electrons. The number of rotatable bonds is 3. The smallest absolute Gasteiger partial charge is 0.303 e. The van der Waals surface area contributed by atoms with Crippen LogP contribution in [0.25, 0.3) is 0 Å². The molecule has 0 saturated heterocycles. The van der Waals surface area contributed by atoms with Crippen molar-refractivity contribution in [1.82, 2.24) is 4.90 Å². The molecule has 2 aliphatic heterocycles. The first kappa shape index (κ1) is 13.8. The molecule has 0 radical (unpaired) electrons. The van der Waals surface area contributed by atoms with Crippen molar-refractivity contribution < 1.29 is 19.1 Å². The van der Waals surface area contributed by atoms with Crippen molar-refractivity contribution in [2.24, 2.45) is 0 Å². The van der Waals surface area contributed by atoms with Gasteiger partial charge in [0.1, 0.15) is 18.2 Å². The van der Waals surface area contributed by atoms with E-state index in [2.05, 4.69) is 11.0 Å². The van der Waals surface area contributed by atoms with Crippen LogP contribution in [-0.4, -0.2) is 48.2 Å². The number of carbonyl (C=O) groups is 2. The Hall–Kier alpha value is -1.62. The van der Waals surface area contributed by atoms with Crippen molar-refractivity contribution in [2.45, 2.75) is 31.9 Å². The fourth-order valence-corrected chi connectivity index (χ4v) is 2.60. The van der Waals surface area contributed by atoms with E-state index in [1.165, 1.54) is 13.8 Å². The molecule has 0 fully saturated rings. The molecule has 0 aromatic rings.